The number of rotatable bonds is 4. The van der Waals surface area contributed by atoms with Crippen molar-refractivity contribution in [2.75, 3.05) is 13.1 Å². The van der Waals surface area contributed by atoms with Crippen molar-refractivity contribution in [3.63, 3.8) is 0 Å². The van der Waals surface area contributed by atoms with Gasteiger partial charge >= 0.3 is 0 Å². The Bertz CT molecular complexity index is 125. The molecule has 2 atom stereocenters. The first-order chi connectivity index (χ1) is 5.68. The summed E-state index contributed by atoms with van der Waals surface area (Å²) in [7, 11) is 0. The maximum atomic E-state index is 5.68. The zero-order valence-corrected chi connectivity index (χ0v) is 8.47. The standard InChI is InChI=1S/C10H21NO/c1-8(2)6-11-7-10-5-4-9(3)12-10/h8-11H,4-7H2,1-3H3. The maximum absolute atomic E-state index is 5.68. The predicted molar refractivity (Wildman–Crippen MR) is 51.3 cm³/mol. The van der Waals surface area contributed by atoms with Crippen molar-refractivity contribution in [3.8, 4) is 0 Å². The summed E-state index contributed by atoms with van der Waals surface area (Å²) in [6.45, 7) is 8.75. The van der Waals surface area contributed by atoms with Crippen LogP contribution >= 0.6 is 0 Å². The molecule has 1 aliphatic rings. The quantitative estimate of drug-likeness (QED) is 0.696. The van der Waals surface area contributed by atoms with Crippen LogP contribution in [0.4, 0.5) is 0 Å². The van der Waals surface area contributed by atoms with Crippen LogP contribution in [-0.4, -0.2) is 25.3 Å². The summed E-state index contributed by atoms with van der Waals surface area (Å²) >= 11 is 0. The second-order valence-electron chi connectivity index (χ2n) is 4.20. The minimum atomic E-state index is 0.471. The molecule has 0 radical (unpaired) electrons. The molecule has 0 spiro atoms. The van der Waals surface area contributed by atoms with Crippen molar-refractivity contribution in [1.29, 1.82) is 0 Å². The molecule has 0 aromatic heterocycles. The number of nitrogens with one attached hydrogen (secondary N) is 1. The van der Waals surface area contributed by atoms with Gasteiger partial charge < -0.3 is 10.1 Å². The van der Waals surface area contributed by atoms with Crippen LogP contribution in [0.3, 0.4) is 0 Å². The van der Waals surface area contributed by atoms with Crippen LogP contribution in [0.2, 0.25) is 0 Å². The molecule has 12 heavy (non-hydrogen) atoms. The lowest BCUT2D eigenvalue weighted by Gasteiger charge is -2.13. The van der Waals surface area contributed by atoms with Gasteiger partial charge in [-0.2, -0.15) is 0 Å². The van der Waals surface area contributed by atoms with Crippen LogP contribution in [0.25, 0.3) is 0 Å². The summed E-state index contributed by atoms with van der Waals surface area (Å²) in [4.78, 5) is 0. The Morgan fingerprint density at radius 1 is 1.42 bits per heavy atom. The van der Waals surface area contributed by atoms with Gasteiger partial charge in [0.05, 0.1) is 12.2 Å². The van der Waals surface area contributed by atoms with Gasteiger partial charge in [-0.3, -0.25) is 0 Å². The highest BCUT2D eigenvalue weighted by molar-refractivity contribution is 4.72. The number of hydrogen-bond acceptors (Lipinski definition) is 2. The Balaban J connectivity index is 2.00. The van der Waals surface area contributed by atoms with Gasteiger partial charge in [0.15, 0.2) is 0 Å². The average molecular weight is 171 g/mol. The van der Waals surface area contributed by atoms with Crippen molar-refractivity contribution in [2.45, 2.75) is 45.8 Å². The van der Waals surface area contributed by atoms with E-state index < -0.39 is 0 Å². The molecule has 0 aromatic rings. The third kappa shape index (κ3) is 3.55. The number of ether oxygens (including phenoxy) is 1. The molecule has 1 N–H and O–H groups in total. The second kappa shape index (κ2) is 4.83. The van der Waals surface area contributed by atoms with Gasteiger partial charge in [-0.05, 0) is 32.2 Å². The van der Waals surface area contributed by atoms with E-state index in [0.29, 0.717) is 12.2 Å². The van der Waals surface area contributed by atoms with Gasteiger partial charge in [0.2, 0.25) is 0 Å². The van der Waals surface area contributed by atoms with Crippen LogP contribution in [0, 0.1) is 5.92 Å². The molecule has 1 aliphatic heterocycles. The molecule has 0 saturated carbocycles. The molecular formula is C10H21NO. The lowest BCUT2D eigenvalue weighted by molar-refractivity contribution is 0.0557. The fraction of sp³-hybridized carbons (Fsp3) is 1.00. The van der Waals surface area contributed by atoms with E-state index in [1.807, 2.05) is 0 Å². The van der Waals surface area contributed by atoms with E-state index in [2.05, 4.69) is 26.1 Å². The third-order valence-electron chi connectivity index (χ3n) is 2.24. The smallest absolute Gasteiger partial charge is 0.0704 e. The Hall–Kier alpha value is -0.0800. The van der Waals surface area contributed by atoms with Crippen molar-refractivity contribution in [1.82, 2.24) is 5.32 Å². The van der Waals surface area contributed by atoms with Gasteiger partial charge in [0.1, 0.15) is 0 Å². The minimum Gasteiger partial charge on any atom is -0.374 e. The Morgan fingerprint density at radius 3 is 2.67 bits per heavy atom. The summed E-state index contributed by atoms with van der Waals surface area (Å²) in [6, 6.07) is 0. The van der Waals surface area contributed by atoms with E-state index in [9.17, 15) is 0 Å². The zero-order chi connectivity index (χ0) is 8.97. The van der Waals surface area contributed by atoms with E-state index in [4.69, 9.17) is 4.74 Å². The van der Waals surface area contributed by atoms with Gasteiger partial charge in [0, 0.05) is 6.54 Å². The van der Waals surface area contributed by atoms with Gasteiger partial charge in [-0.15, -0.1) is 0 Å². The molecule has 1 saturated heterocycles. The van der Waals surface area contributed by atoms with Gasteiger partial charge in [0.25, 0.3) is 0 Å². The SMILES string of the molecule is CC(C)CNCC1CCC(C)O1. The molecule has 0 aliphatic carbocycles. The van der Waals surface area contributed by atoms with E-state index in [1.54, 1.807) is 0 Å². The highest BCUT2D eigenvalue weighted by atomic mass is 16.5. The molecule has 1 rings (SSSR count). The molecule has 2 nitrogen and oxygen atoms in total. The molecule has 0 aromatic carbocycles. The van der Waals surface area contributed by atoms with Crippen LogP contribution in [-0.2, 0) is 4.74 Å². The van der Waals surface area contributed by atoms with Gasteiger partial charge in [-0.25, -0.2) is 0 Å². The van der Waals surface area contributed by atoms with E-state index in [-0.39, 0.29) is 0 Å². The first-order valence-electron chi connectivity index (χ1n) is 5.04. The Labute approximate surface area is 75.7 Å². The largest absolute Gasteiger partial charge is 0.374 e. The molecule has 2 heteroatoms. The monoisotopic (exact) mass is 171 g/mol. The van der Waals surface area contributed by atoms with Crippen molar-refractivity contribution in [2.24, 2.45) is 5.92 Å². The molecule has 2 unspecified atom stereocenters. The van der Waals surface area contributed by atoms with Crippen LogP contribution in [0.15, 0.2) is 0 Å². The molecular weight excluding hydrogens is 150 g/mol. The summed E-state index contributed by atoms with van der Waals surface area (Å²) in [5.74, 6) is 0.740. The molecule has 1 heterocycles. The van der Waals surface area contributed by atoms with E-state index in [1.165, 1.54) is 12.8 Å². The van der Waals surface area contributed by atoms with Crippen LogP contribution in [0.5, 0.6) is 0 Å². The van der Waals surface area contributed by atoms with E-state index >= 15 is 0 Å². The molecule has 0 amide bonds. The third-order valence-corrected chi connectivity index (χ3v) is 2.24. The summed E-state index contributed by atoms with van der Waals surface area (Å²) in [6.07, 6.45) is 3.41. The van der Waals surface area contributed by atoms with Crippen LogP contribution < -0.4 is 5.32 Å². The fourth-order valence-electron chi connectivity index (χ4n) is 1.57. The molecule has 72 valence electrons. The highest BCUT2D eigenvalue weighted by Crippen LogP contribution is 2.17. The zero-order valence-electron chi connectivity index (χ0n) is 8.47. The Morgan fingerprint density at radius 2 is 2.17 bits per heavy atom. The first-order valence-corrected chi connectivity index (χ1v) is 5.04. The second-order valence-corrected chi connectivity index (χ2v) is 4.20. The summed E-state index contributed by atoms with van der Waals surface area (Å²) in [5.41, 5.74) is 0. The predicted octanol–water partition coefficient (Wildman–Crippen LogP) is 1.80. The normalized spacial score (nSPS) is 30.0. The van der Waals surface area contributed by atoms with Crippen molar-refractivity contribution in [3.05, 3.63) is 0 Å². The highest BCUT2D eigenvalue weighted by Gasteiger charge is 2.20. The van der Waals surface area contributed by atoms with E-state index in [0.717, 1.165) is 19.0 Å². The molecule has 1 fully saturated rings. The lowest BCUT2D eigenvalue weighted by Crippen LogP contribution is -2.29. The lowest BCUT2D eigenvalue weighted by atomic mass is 10.2. The Kier molecular flexibility index (Phi) is 4.02. The first kappa shape index (κ1) is 10.0. The number of hydrogen-bond donors (Lipinski definition) is 1. The summed E-state index contributed by atoms with van der Waals surface area (Å²) in [5, 5.41) is 3.42. The minimum absolute atomic E-state index is 0.471. The fourth-order valence-corrected chi connectivity index (χ4v) is 1.57. The topological polar surface area (TPSA) is 21.3 Å². The average Bonchev–Trinajstić information content (AvgIpc) is 2.35. The molecule has 0 bridgehead atoms. The van der Waals surface area contributed by atoms with Crippen LogP contribution in [0.1, 0.15) is 33.6 Å². The van der Waals surface area contributed by atoms with Crippen molar-refractivity contribution < 1.29 is 4.74 Å². The van der Waals surface area contributed by atoms with Crippen molar-refractivity contribution >= 4 is 0 Å². The summed E-state index contributed by atoms with van der Waals surface area (Å²) < 4.78 is 5.68. The van der Waals surface area contributed by atoms with Gasteiger partial charge in [-0.1, -0.05) is 13.8 Å². The maximum Gasteiger partial charge on any atom is 0.0704 e.